The predicted octanol–water partition coefficient (Wildman–Crippen LogP) is 4.91. The first-order chi connectivity index (χ1) is 7.16. The zero-order valence-electron chi connectivity index (χ0n) is 8.97. The van der Waals surface area contributed by atoms with Gasteiger partial charge in [0.2, 0.25) is 0 Å². The van der Waals surface area contributed by atoms with E-state index < -0.39 is 0 Å². The molecule has 2 atom stereocenters. The van der Waals surface area contributed by atoms with E-state index in [-0.39, 0.29) is 0 Å². The van der Waals surface area contributed by atoms with E-state index in [1.165, 1.54) is 18.4 Å². The molecule has 0 saturated heterocycles. The van der Waals surface area contributed by atoms with E-state index in [0.717, 1.165) is 23.4 Å². The number of halogens is 2. The molecular formula is C13H16Cl2. The molecule has 1 fully saturated rings. The third-order valence-electron chi connectivity index (χ3n) is 3.28. The maximum atomic E-state index is 6.20. The van der Waals surface area contributed by atoms with Crippen LogP contribution in [0.1, 0.15) is 42.7 Å². The molecule has 15 heavy (non-hydrogen) atoms. The zero-order chi connectivity index (χ0) is 10.8. The van der Waals surface area contributed by atoms with Gasteiger partial charge in [-0.15, -0.1) is 11.6 Å². The minimum absolute atomic E-state index is 0.351. The molecule has 0 amide bonds. The molecule has 0 bridgehead atoms. The second-order valence-electron chi connectivity index (χ2n) is 4.47. The Balaban J connectivity index is 2.18. The molecule has 0 spiro atoms. The van der Waals surface area contributed by atoms with Crippen molar-refractivity contribution in [1.29, 1.82) is 0 Å². The fourth-order valence-electron chi connectivity index (χ4n) is 2.30. The topological polar surface area (TPSA) is 0 Å². The Morgan fingerprint density at radius 3 is 2.73 bits per heavy atom. The Bertz CT molecular complexity index is 346. The van der Waals surface area contributed by atoms with E-state index in [2.05, 4.69) is 18.2 Å². The van der Waals surface area contributed by atoms with Gasteiger partial charge in [0, 0.05) is 10.4 Å². The Labute approximate surface area is 102 Å². The van der Waals surface area contributed by atoms with Gasteiger partial charge in [-0.2, -0.15) is 0 Å². The van der Waals surface area contributed by atoms with E-state index in [1.807, 2.05) is 6.92 Å². The average Bonchev–Trinajstić information content (AvgIpc) is 2.22. The van der Waals surface area contributed by atoms with Crippen LogP contribution in [-0.2, 0) is 0 Å². The van der Waals surface area contributed by atoms with Crippen LogP contribution < -0.4 is 0 Å². The van der Waals surface area contributed by atoms with Crippen molar-refractivity contribution in [3.05, 3.63) is 34.3 Å². The van der Waals surface area contributed by atoms with Gasteiger partial charge in [-0.3, -0.25) is 0 Å². The minimum atomic E-state index is 0.351. The fourth-order valence-corrected chi connectivity index (χ4v) is 2.85. The molecule has 82 valence electrons. The summed E-state index contributed by atoms with van der Waals surface area (Å²) < 4.78 is 0. The second-order valence-corrected chi connectivity index (χ2v) is 5.49. The van der Waals surface area contributed by atoms with Gasteiger partial charge >= 0.3 is 0 Å². The summed E-state index contributed by atoms with van der Waals surface area (Å²) in [7, 11) is 0. The molecule has 1 aliphatic rings. The zero-order valence-corrected chi connectivity index (χ0v) is 10.5. The highest BCUT2D eigenvalue weighted by molar-refractivity contribution is 6.31. The summed E-state index contributed by atoms with van der Waals surface area (Å²) in [4.78, 5) is 0. The third kappa shape index (κ3) is 2.68. The molecule has 1 aromatic carbocycles. The van der Waals surface area contributed by atoms with Crippen LogP contribution in [0, 0.1) is 6.92 Å². The first kappa shape index (κ1) is 11.3. The molecule has 0 radical (unpaired) electrons. The maximum absolute atomic E-state index is 6.20. The lowest BCUT2D eigenvalue weighted by Gasteiger charge is -2.26. The van der Waals surface area contributed by atoms with E-state index in [9.17, 15) is 0 Å². The molecule has 0 nitrogen and oxygen atoms in total. The Morgan fingerprint density at radius 2 is 2.07 bits per heavy atom. The van der Waals surface area contributed by atoms with Crippen LogP contribution in [0.25, 0.3) is 0 Å². The third-order valence-corrected chi connectivity index (χ3v) is 4.08. The number of hydrogen-bond acceptors (Lipinski definition) is 0. The number of aryl methyl sites for hydroxylation is 1. The van der Waals surface area contributed by atoms with Crippen molar-refractivity contribution in [2.24, 2.45) is 0 Å². The van der Waals surface area contributed by atoms with Crippen LogP contribution in [0.5, 0.6) is 0 Å². The van der Waals surface area contributed by atoms with Gasteiger partial charge in [0.15, 0.2) is 0 Å². The summed E-state index contributed by atoms with van der Waals surface area (Å²) in [6.07, 6.45) is 4.76. The molecule has 0 aliphatic heterocycles. The molecule has 1 aromatic rings. The molecule has 1 saturated carbocycles. The summed E-state index contributed by atoms with van der Waals surface area (Å²) >= 11 is 12.3. The van der Waals surface area contributed by atoms with Gasteiger partial charge in [-0.1, -0.05) is 30.2 Å². The van der Waals surface area contributed by atoms with E-state index in [0.29, 0.717) is 11.3 Å². The van der Waals surface area contributed by atoms with E-state index in [4.69, 9.17) is 23.2 Å². The summed E-state index contributed by atoms with van der Waals surface area (Å²) in [5.74, 6) is 0.611. The van der Waals surface area contributed by atoms with Gasteiger partial charge in [0.1, 0.15) is 0 Å². The van der Waals surface area contributed by atoms with Crippen LogP contribution >= 0.6 is 23.2 Å². The minimum Gasteiger partial charge on any atom is -0.123 e. The van der Waals surface area contributed by atoms with E-state index >= 15 is 0 Å². The maximum Gasteiger partial charge on any atom is 0.0438 e. The molecule has 0 heterocycles. The monoisotopic (exact) mass is 242 g/mol. The molecule has 0 aromatic heterocycles. The first-order valence-electron chi connectivity index (χ1n) is 5.57. The standard InChI is InChI=1S/C13H16Cl2/c1-9-5-6-11(8-13(9)15)10-3-2-4-12(14)7-10/h5-6,8,10,12H,2-4,7H2,1H3. The summed E-state index contributed by atoms with van der Waals surface area (Å²) in [6, 6.07) is 6.41. The predicted molar refractivity (Wildman–Crippen MR) is 67.0 cm³/mol. The molecule has 2 rings (SSSR count). The highest BCUT2D eigenvalue weighted by Crippen LogP contribution is 2.36. The van der Waals surface area contributed by atoms with Gasteiger partial charge < -0.3 is 0 Å². The quantitative estimate of drug-likeness (QED) is 0.614. The number of rotatable bonds is 1. The lowest BCUT2D eigenvalue weighted by Crippen LogP contribution is -2.13. The summed E-state index contributed by atoms with van der Waals surface area (Å²) in [5, 5.41) is 1.23. The molecular weight excluding hydrogens is 227 g/mol. The lowest BCUT2D eigenvalue weighted by molar-refractivity contribution is 0.449. The summed E-state index contributed by atoms with van der Waals surface area (Å²) in [6.45, 7) is 2.04. The lowest BCUT2D eigenvalue weighted by atomic mass is 9.83. The summed E-state index contributed by atoms with van der Waals surface area (Å²) in [5.41, 5.74) is 2.51. The number of benzene rings is 1. The Hall–Kier alpha value is -0.200. The van der Waals surface area contributed by atoms with Crippen molar-refractivity contribution in [1.82, 2.24) is 0 Å². The van der Waals surface area contributed by atoms with Crippen LogP contribution in [0.15, 0.2) is 18.2 Å². The normalized spacial score (nSPS) is 26.6. The molecule has 2 heteroatoms. The van der Waals surface area contributed by atoms with Crippen molar-refractivity contribution >= 4 is 23.2 Å². The highest BCUT2D eigenvalue weighted by atomic mass is 35.5. The smallest absolute Gasteiger partial charge is 0.0438 e. The number of hydrogen-bond donors (Lipinski definition) is 0. The van der Waals surface area contributed by atoms with Crippen LogP contribution in [0.2, 0.25) is 5.02 Å². The first-order valence-corrected chi connectivity index (χ1v) is 6.38. The largest absolute Gasteiger partial charge is 0.123 e. The fraction of sp³-hybridized carbons (Fsp3) is 0.538. The van der Waals surface area contributed by atoms with Crippen molar-refractivity contribution < 1.29 is 0 Å². The number of alkyl halides is 1. The van der Waals surface area contributed by atoms with Crippen LogP contribution in [0.3, 0.4) is 0 Å². The van der Waals surface area contributed by atoms with Gasteiger partial charge in [0.25, 0.3) is 0 Å². The highest BCUT2D eigenvalue weighted by Gasteiger charge is 2.21. The van der Waals surface area contributed by atoms with Crippen LogP contribution in [-0.4, -0.2) is 5.38 Å². The van der Waals surface area contributed by atoms with E-state index in [1.54, 1.807) is 0 Å². The van der Waals surface area contributed by atoms with Gasteiger partial charge in [0.05, 0.1) is 0 Å². The second kappa shape index (κ2) is 4.76. The average molecular weight is 243 g/mol. The van der Waals surface area contributed by atoms with Crippen LogP contribution in [0.4, 0.5) is 0 Å². The van der Waals surface area contributed by atoms with Crippen molar-refractivity contribution in [3.8, 4) is 0 Å². The molecule has 2 unspecified atom stereocenters. The van der Waals surface area contributed by atoms with Gasteiger partial charge in [-0.05, 0) is 49.3 Å². The Kier molecular flexibility index (Phi) is 3.58. The van der Waals surface area contributed by atoms with Crippen molar-refractivity contribution in [2.75, 3.05) is 0 Å². The molecule has 1 aliphatic carbocycles. The van der Waals surface area contributed by atoms with Crippen molar-refractivity contribution in [2.45, 2.75) is 43.9 Å². The van der Waals surface area contributed by atoms with Crippen molar-refractivity contribution in [3.63, 3.8) is 0 Å². The Morgan fingerprint density at radius 1 is 1.27 bits per heavy atom. The SMILES string of the molecule is Cc1ccc(C2CCCC(Cl)C2)cc1Cl. The van der Waals surface area contributed by atoms with Gasteiger partial charge in [-0.25, -0.2) is 0 Å². The molecule has 0 N–H and O–H groups in total.